The van der Waals surface area contributed by atoms with Crippen molar-refractivity contribution in [1.82, 2.24) is 29.5 Å². The second kappa shape index (κ2) is 7.85. The molecule has 0 bridgehead atoms. The first kappa shape index (κ1) is 18.2. The lowest BCUT2D eigenvalue weighted by Gasteiger charge is -2.09. The molecule has 3 aromatic heterocycles. The Morgan fingerprint density at radius 1 is 1.03 bits per heavy atom. The molecule has 0 atom stereocenters. The number of anilines is 1. The molecular weight excluding hydrogens is 370 g/mol. The van der Waals surface area contributed by atoms with E-state index in [1.54, 1.807) is 36.7 Å². The maximum atomic E-state index is 12.1. The molecule has 0 saturated heterocycles. The molecular formula is C20H17N7O2. The summed E-state index contributed by atoms with van der Waals surface area (Å²) in [6, 6.07) is 8.67. The van der Waals surface area contributed by atoms with Gasteiger partial charge in [-0.05, 0) is 38.1 Å². The Kier molecular flexibility index (Phi) is 4.93. The minimum Gasteiger partial charge on any atom is -0.439 e. The summed E-state index contributed by atoms with van der Waals surface area (Å²) in [5, 5.41) is 2.76. The quantitative estimate of drug-likeness (QED) is 0.560. The molecule has 144 valence electrons. The van der Waals surface area contributed by atoms with E-state index in [2.05, 4.69) is 30.2 Å². The fourth-order valence-corrected chi connectivity index (χ4v) is 2.59. The van der Waals surface area contributed by atoms with Crippen molar-refractivity contribution in [3.63, 3.8) is 0 Å². The van der Waals surface area contributed by atoms with Gasteiger partial charge >= 0.3 is 0 Å². The third kappa shape index (κ3) is 4.08. The smallest absolute Gasteiger partial charge is 0.275 e. The van der Waals surface area contributed by atoms with Crippen LogP contribution in [0.4, 0.5) is 5.69 Å². The highest BCUT2D eigenvalue weighted by Gasteiger charge is 2.09. The van der Waals surface area contributed by atoms with E-state index in [9.17, 15) is 4.79 Å². The van der Waals surface area contributed by atoms with Gasteiger partial charge in [-0.3, -0.25) is 14.3 Å². The topological polar surface area (TPSA) is 108 Å². The van der Waals surface area contributed by atoms with E-state index in [4.69, 9.17) is 4.74 Å². The number of nitrogens with zero attached hydrogens (tertiary/aromatic N) is 6. The predicted molar refractivity (Wildman–Crippen MR) is 105 cm³/mol. The van der Waals surface area contributed by atoms with Gasteiger partial charge in [0.25, 0.3) is 5.91 Å². The number of rotatable bonds is 5. The van der Waals surface area contributed by atoms with Crippen LogP contribution in [-0.4, -0.2) is 35.4 Å². The lowest BCUT2D eigenvalue weighted by atomic mass is 10.3. The number of imidazole rings is 1. The molecule has 0 saturated carbocycles. The van der Waals surface area contributed by atoms with Crippen LogP contribution in [0.1, 0.15) is 21.9 Å². The zero-order valence-electron chi connectivity index (χ0n) is 15.8. The number of ether oxygens (including phenoxy) is 1. The number of hydrogen-bond acceptors (Lipinski definition) is 7. The van der Waals surface area contributed by atoms with Gasteiger partial charge in [0.2, 0.25) is 5.88 Å². The van der Waals surface area contributed by atoms with E-state index in [0.29, 0.717) is 23.1 Å². The fourth-order valence-electron chi connectivity index (χ4n) is 2.59. The maximum Gasteiger partial charge on any atom is 0.275 e. The van der Waals surface area contributed by atoms with Crippen LogP contribution in [0.2, 0.25) is 0 Å². The number of amides is 1. The van der Waals surface area contributed by atoms with Gasteiger partial charge in [0, 0.05) is 29.8 Å². The van der Waals surface area contributed by atoms with Crippen molar-refractivity contribution < 1.29 is 9.53 Å². The lowest BCUT2D eigenvalue weighted by Crippen LogP contribution is -2.13. The first-order chi connectivity index (χ1) is 14.1. The Labute approximate surface area is 166 Å². The van der Waals surface area contributed by atoms with E-state index < -0.39 is 0 Å². The van der Waals surface area contributed by atoms with Crippen LogP contribution >= 0.6 is 0 Å². The molecule has 0 unspecified atom stereocenters. The molecule has 3 heterocycles. The summed E-state index contributed by atoms with van der Waals surface area (Å²) < 4.78 is 7.68. The summed E-state index contributed by atoms with van der Waals surface area (Å²) in [6.07, 6.45) is 7.54. The second-order valence-electron chi connectivity index (χ2n) is 6.17. The standard InChI is InChI=1S/C20H17N7O2/c1-13-14(2)27(12-25-13)18-9-19(24-11-23-18)29-16-5-3-15(4-6-16)26-20(28)17-10-21-7-8-22-17/h3-12H,1-2H3,(H,26,28). The van der Waals surface area contributed by atoms with E-state index >= 15 is 0 Å². The normalized spacial score (nSPS) is 10.6. The van der Waals surface area contributed by atoms with Gasteiger partial charge in [-0.15, -0.1) is 0 Å². The van der Waals surface area contributed by atoms with Crippen molar-refractivity contribution in [1.29, 1.82) is 0 Å². The average Bonchev–Trinajstić information content (AvgIpc) is 3.09. The number of aryl methyl sites for hydroxylation is 1. The molecule has 9 heteroatoms. The molecule has 0 fully saturated rings. The Bertz CT molecular complexity index is 1140. The van der Waals surface area contributed by atoms with Crippen molar-refractivity contribution in [2.75, 3.05) is 5.32 Å². The van der Waals surface area contributed by atoms with Crippen LogP contribution in [0.3, 0.4) is 0 Å². The van der Waals surface area contributed by atoms with E-state index in [1.165, 1.54) is 24.9 Å². The molecule has 4 aromatic rings. The van der Waals surface area contributed by atoms with Crippen molar-refractivity contribution >= 4 is 11.6 Å². The molecule has 9 nitrogen and oxygen atoms in total. The number of nitrogens with one attached hydrogen (secondary N) is 1. The van der Waals surface area contributed by atoms with Crippen LogP contribution in [-0.2, 0) is 0 Å². The molecule has 0 aliphatic heterocycles. The van der Waals surface area contributed by atoms with Gasteiger partial charge in [-0.2, -0.15) is 0 Å². The van der Waals surface area contributed by atoms with Gasteiger partial charge in [-0.1, -0.05) is 0 Å². The first-order valence-electron chi connectivity index (χ1n) is 8.78. The molecule has 4 rings (SSSR count). The van der Waals surface area contributed by atoms with Crippen molar-refractivity contribution in [3.05, 3.63) is 78.7 Å². The average molecular weight is 387 g/mol. The Balaban J connectivity index is 1.46. The summed E-state index contributed by atoms with van der Waals surface area (Å²) in [4.78, 5) is 32.7. The molecule has 0 aliphatic carbocycles. The Hall–Kier alpha value is -4.14. The molecule has 1 amide bonds. The molecule has 0 aliphatic rings. The summed E-state index contributed by atoms with van der Waals surface area (Å²) in [7, 11) is 0. The SMILES string of the molecule is Cc1ncn(-c2cc(Oc3ccc(NC(=O)c4cnccn4)cc3)ncn2)c1C. The largest absolute Gasteiger partial charge is 0.439 e. The second-order valence-corrected chi connectivity index (χ2v) is 6.17. The number of carbonyl (C=O) groups excluding carboxylic acids is 1. The van der Waals surface area contributed by atoms with Crippen LogP contribution in [0.25, 0.3) is 5.82 Å². The van der Waals surface area contributed by atoms with Gasteiger partial charge in [0.1, 0.15) is 29.9 Å². The van der Waals surface area contributed by atoms with E-state index in [-0.39, 0.29) is 11.6 Å². The third-order valence-corrected chi connectivity index (χ3v) is 4.26. The monoisotopic (exact) mass is 387 g/mol. The van der Waals surface area contributed by atoms with E-state index in [0.717, 1.165) is 11.4 Å². The molecule has 1 N–H and O–H groups in total. The van der Waals surface area contributed by atoms with Gasteiger partial charge < -0.3 is 10.1 Å². The van der Waals surface area contributed by atoms with Gasteiger partial charge in [0.15, 0.2) is 0 Å². The number of aromatic nitrogens is 6. The van der Waals surface area contributed by atoms with Crippen LogP contribution < -0.4 is 10.1 Å². The van der Waals surface area contributed by atoms with E-state index in [1.807, 2.05) is 18.4 Å². The van der Waals surface area contributed by atoms with Crippen molar-refractivity contribution in [2.24, 2.45) is 0 Å². The van der Waals surface area contributed by atoms with Gasteiger partial charge in [0.05, 0.1) is 11.9 Å². The first-order valence-corrected chi connectivity index (χ1v) is 8.78. The lowest BCUT2D eigenvalue weighted by molar-refractivity contribution is 0.102. The molecule has 29 heavy (non-hydrogen) atoms. The number of benzene rings is 1. The summed E-state index contributed by atoms with van der Waals surface area (Å²) in [5.74, 6) is 1.31. The van der Waals surface area contributed by atoms with Crippen LogP contribution in [0, 0.1) is 13.8 Å². The van der Waals surface area contributed by atoms with Crippen LogP contribution in [0.15, 0.2) is 61.6 Å². The Morgan fingerprint density at radius 2 is 1.86 bits per heavy atom. The Morgan fingerprint density at radius 3 is 2.55 bits per heavy atom. The molecule has 0 spiro atoms. The number of carbonyl (C=O) groups is 1. The fraction of sp³-hybridized carbons (Fsp3) is 0.100. The van der Waals surface area contributed by atoms with Crippen molar-refractivity contribution in [3.8, 4) is 17.4 Å². The van der Waals surface area contributed by atoms with Crippen LogP contribution in [0.5, 0.6) is 11.6 Å². The summed E-state index contributed by atoms with van der Waals surface area (Å²) >= 11 is 0. The minimum atomic E-state index is -0.335. The predicted octanol–water partition coefficient (Wildman–Crippen LogP) is 3.11. The highest BCUT2D eigenvalue weighted by molar-refractivity contribution is 6.02. The minimum absolute atomic E-state index is 0.242. The molecule has 0 radical (unpaired) electrons. The highest BCUT2D eigenvalue weighted by atomic mass is 16.5. The van der Waals surface area contributed by atoms with Gasteiger partial charge in [-0.25, -0.2) is 19.9 Å². The molecule has 1 aromatic carbocycles. The zero-order valence-corrected chi connectivity index (χ0v) is 15.8. The number of hydrogen-bond donors (Lipinski definition) is 1. The zero-order chi connectivity index (χ0) is 20.2. The summed E-state index contributed by atoms with van der Waals surface area (Å²) in [5.41, 5.74) is 2.79. The maximum absolute atomic E-state index is 12.1. The summed E-state index contributed by atoms with van der Waals surface area (Å²) in [6.45, 7) is 3.91. The highest BCUT2D eigenvalue weighted by Crippen LogP contribution is 2.23. The third-order valence-electron chi connectivity index (χ3n) is 4.26. The van der Waals surface area contributed by atoms with Crippen molar-refractivity contribution in [2.45, 2.75) is 13.8 Å².